The number of hydrogen-bond acceptors (Lipinski definition) is 3. The van der Waals surface area contributed by atoms with E-state index in [0.29, 0.717) is 19.0 Å². The Balaban J connectivity index is 2.53. The van der Waals surface area contributed by atoms with Gasteiger partial charge in [0.15, 0.2) is 5.84 Å². The minimum absolute atomic E-state index is 0.224. The molecule has 0 saturated carbocycles. The van der Waals surface area contributed by atoms with E-state index in [0.717, 1.165) is 25.7 Å². The van der Waals surface area contributed by atoms with E-state index in [-0.39, 0.29) is 6.54 Å². The van der Waals surface area contributed by atoms with Gasteiger partial charge in [-0.05, 0) is 31.8 Å². The number of oxime groups is 1. The highest BCUT2D eigenvalue weighted by Crippen LogP contribution is 2.29. The molecule has 1 heterocycles. The van der Waals surface area contributed by atoms with Gasteiger partial charge in [-0.3, -0.25) is 0 Å². The van der Waals surface area contributed by atoms with E-state index in [1.54, 1.807) is 4.90 Å². The van der Waals surface area contributed by atoms with Gasteiger partial charge in [-0.1, -0.05) is 24.9 Å². The van der Waals surface area contributed by atoms with Crippen molar-refractivity contribution in [2.75, 3.05) is 19.6 Å². The molecule has 1 unspecified atom stereocenters. The fourth-order valence-corrected chi connectivity index (χ4v) is 2.56. The van der Waals surface area contributed by atoms with Crippen LogP contribution in [0, 0.1) is 11.8 Å². The van der Waals surface area contributed by atoms with Crippen LogP contribution in [0.5, 0.6) is 0 Å². The highest BCUT2D eigenvalue weighted by Gasteiger charge is 2.44. The van der Waals surface area contributed by atoms with Crippen molar-refractivity contribution in [2.45, 2.75) is 38.8 Å². The Morgan fingerprint density at radius 1 is 1.42 bits per heavy atom. The average molecular weight is 281 g/mol. The number of likely N-dealkylation sites (tertiary alicyclic amines) is 1. The summed E-state index contributed by atoms with van der Waals surface area (Å²) in [5.41, 5.74) is 5.15. The van der Waals surface area contributed by atoms with Gasteiger partial charge in [0.05, 0.1) is 0 Å². The summed E-state index contributed by atoms with van der Waals surface area (Å²) in [5, 5.41) is 11.0. The third kappa shape index (κ3) is 4.89. The fraction of sp³-hybridized carbons (Fsp3) is 0.917. The molecule has 1 rings (SSSR count). The maximum absolute atomic E-state index is 12.8. The van der Waals surface area contributed by atoms with Crippen LogP contribution < -0.4 is 5.73 Å². The van der Waals surface area contributed by atoms with Gasteiger partial charge in [-0.25, -0.2) is 0 Å². The van der Waals surface area contributed by atoms with Gasteiger partial charge in [-0.2, -0.15) is 13.2 Å². The molecule has 4 nitrogen and oxygen atoms in total. The first kappa shape index (κ1) is 16.1. The standard InChI is InChI=1S/C12H22F3N3O/c1-2-3-9-4-6-18(7-5-9)8-10(11(16)17-19)12(13,14)15/h9-10,19H,2-8H2,1H3,(H2,16,17). The topological polar surface area (TPSA) is 61.8 Å². The molecule has 0 aromatic carbocycles. The molecule has 1 saturated heterocycles. The Hall–Kier alpha value is -0.980. The van der Waals surface area contributed by atoms with Crippen molar-refractivity contribution < 1.29 is 18.4 Å². The zero-order valence-corrected chi connectivity index (χ0v) is 11.2. The molecule has 0 amide bonds. The third-order valence-corrected chi connectivity index (χ3v) is 3.71. The molecule has 0 bridgehead atoms. The Kier molecular flexibility index (Phi) is 5.90. The van der Waals surface area contributed by atoms with E-state index in [4.69, 9.17) is 10.9 Å². The van der Waals surface area contributed by atoms with Crippen molar-refractivity contribution in [3.63, 3.8) is 0 Å². The van der Waals surface area contributed by atoms with Crippen molar-refractivity contribution in [2.24, 2.45) is 22.7 Å². The van der Waals surface area contributed by atoms with Crippen molar-refractivity contribution in [1.82, 2.24) is 4.90 Å². The number of piperidine rings is 1. The maximum atomic E-state index is 12.8. The number of amidine groups is 1. The number of halogens is 3. The van der Waals surface area contributed by atoms with Gasteiger partial charge >= 0.3 is 6.18 Å². The molecule has 0 radical (unpaired) electrons. The number of rotatable bonds is 5. The van der Waals surface area contributed by atoms with Crippen LogP contribution in [0.2, 0.25) is 0 Å². The summed E-state index contributed by atoms with van der Waals surface area (Å²) in [6, 6.07) is 0. The largest absolute Gasteiger partial charge is 0.409 e. The van der Waals surface area contributed by atoms with Crippen molar-refractivity contribution >= 4 is 5.84 Å². The van der Waals surface area contributed by atoms with Gasteiger partial charge in [0.25, 0.3) is 0 Å². The predicted molar refractivity (Wildman–Crippen MR) is 67.0 cm³/mol. The summed E-state index contributed by atoms with van der Waals surface area (Å²) in [6.07, 6.45) is -0.378. The smallest absolute Gasteiger partial charge is 0.400 e. The zero-order valence-electron chi connectivity index (χ0n) is 11.2. The van der Waals surface area contributed by atoms with Gasteiger partial charge < -0.3 is 15.8 Å². The lowest BCUT2D eigenvalue weighted by molar-refractivity contribution is -0.161. The van der Waals surface area contributed by atoms with Crippen molar-refractivity contribution in [1.29, 1.82) is 0 Å². The highest BCUT2D eigenvalue weighted by atomic mass is 19.4. The zero-order chi connectivity index (χ0) is 14.5. The van der Waals surface area contributed by atoms with Crippen LogP contribution in [0.15, 0.2) is 5.16 Å². The van der Waals surface area contributed by atoms with E-state index in [9.17, 15) is 13.2 Å². The molecule has 0 aliphatic carbocycles. The van der Waals surface area contributed by atoms with E-state index >= 15 is 0 Å². The lowest BCUT2D eigenvalue weighted by atomic mass is 9.92. The van der Waals surface area contributed by atoms with Crippen LogP contribution in [0.25, 0.3) is 0 Å². The second kappa shape index (κ2) is 6.98. The van der Waals surface area contributed by atoms with Crippen molar-refractivity contribution in [3.05, 3.63) is 0 Å². The van der Waals surface area contributed by atoms with E-state index in [1.807, 2.05) is 0 Å². The molecular weight excluding hydrogens is 259 g/mol. The predicted octanol–water partition coefficient (Wildman–Crippen LogP) is 2.42. The summed E-state index contributed by atoms with van der Waals surface area (Å²) < 4.78 is 38.4. The first-order chi connectivity index (χ1) is 8.88. The molecule has 7 heteroatoms. The van der Waals surface area contributed by atoms with Crippen LogP contribution in [0.1, 0.15) is 32.6 Å². The second-order valence-electron chi connectivity index (χ2n) is 5.15. The highest BCUT2D eigenvalue weighted by molar-refractivity contribution is 5.83. The Bertz CT molecular complexity index is 299. The molecule has 112 valence electrons. The molecule has 0 aromatic rings. The first-order valence-corrected chi connectivity index (χ1v) is 6.65. The fourth-order valence-electron chi connectivity index (χ4n) is 2.56. The van der Waals surface area contributed by atoms with Crippen LogP contribution in [-0.4, -0.2) is 41.8 Å². The molecule has 19 heavy (non-hydrogen) atoms. The molecule has 0 spiro atoms. The molecule has 3 N–H and O–H groups in total. The lowest BCUT2D eigenvalue weighted by Crippen LogP contribution is -2.46. The molecule has 1 atom stereocenters. The van der Waals surface area contributed by atoms with E-state index < -0.39 is 17.9 Å². The molecule has 0 aromatic heterocycles. The molecule has 1 fully saturated rings. The normalized spacial score (nSPS) is 21.6. The van der Waals surface area contributed by atoms with Crippen LogP contribution >= 0.6 is 0 Å². The second-order valence-corrected chi connectivity index (χ2v) is 5.15. The van der Waals surface area contributed by atoms with E-state index in [1.165, 1.54) is 0 Å². The SMILES string of the molecule is CCCC1CCN(CC(C(N)=NO)C(F)(F)F)CC1. The Morgan fingerprint density at radius 2 is 2.00 bits per heavy atom. The lowest BCUT2D eigenvalue weighted by Gasteiger charge is -2.34. The first-order valence-electron chi connectivity index (χ1n) is 6.65. The number of alkyl halides is 3. The van der Waals surface area contributed by atoms with Gasteiger partial charge in [0.2, 0.25) is 0 Å². The Labute approximate surface area is 111 Å². The maximum Gasteiger partial charge on any atom is 0.400 e. The number of nitrogens with zero attached hydrogens (tertiary/aromatic N) is 2. The Morgan fingerprint density at radius 3 is 2.42 bits per heavy atom. The summed E-state index contributed by atoms with van der Waals surface area (Å²) in [5.74, 6) is -2.03. The van der Waals surface area contributed by atoms with Crippen LogP contribution in [0.3, 0.4) is 0 Å². The monoisotopic (exact) mass is 281 g/mol. The van der Waals surface area contributed by atoms with E-state index in [2.05, 4.69) is 12.1 Å². The molecule has 1 aliphatic heterocycles. The van der Waals surface area contributed by atoms with Gasteiger partial charge in [0.1, 0.15) is 5.92 Å². The minimum atomic E-state index is -4.48. The van der Waals surface area contributed by atoms with Gasteiger partial charge in [-0.15, -0.1) is 0 Å². The average Bonchev–Trinajstić information content (AvgIpc) is 2.36. The summed E-state index contributed by atoms with van der Waals surface area (Å²) in [7, 11) is 0. The van der Waals surface area contributed by atoms with Crippen LogP contribution in [-0.2, 0) is 0 Å². The summed E-state index contributed by atoms with van der Waals surface area (Å²) in [6.45, 7) is 3.19. The minimum Gasteiger partial charge on any atom is -0.409 e. The number of nitrogens with two attached hydrogens (primary N) is 1. The number of hydrogen-bond donors (Lipinski definition) is 2. The van der Waals surface area contributed by atoms with Crippen molar-refractivity contribution in [3.8, 4) is 0 Å². The summed E-state index contributed by atoms with van der Waals surface area (Å²) >= 11 is 0. The molecule has 1 aliphatic rings. The summed E-state index contributed by atoms with van der Waals surface area (Å²) in [4.78, 5) is 1.75. The quantitative estimate of drug-likeness (QED) is 0.352. The molecular formula is C12H22F3N3O. The van der Waals surface area contributed by atoms with Crippen LogP contribution in [0.4, 0.5) is 13.2 Å². The third-order valence-electron chi connectivity index (χ3n) is 3.71. The van der Waals surface area contributed by atoms with Gasteiger partial charge in [0, 0.05) is 6.54 Å².